The number of ketones is 1. The zero-order chi connectivity index (χ0) is 22.5. The molecular formula is C24H28ClN3O2S. The van der Waals surface area contributed by atoms with Crippen LogP contribution in [0.15, 0.2) is 53.7 Å². The Morgan fingerprint density at radius 2 is 1.65 bits per heavy atom. The van der Waals surface area contributed by atoms with E-state index in [0.717, 1.165) is 11.6 Å². The molecule has 0 amide bonds. The van der Waals surface area contributed by atoms with Crippen molar-refractivity contribution >= 4 is 29.1 Å². The van der Waals surface area contributed by atoms with Gasteiger partial charge in [-0.25, -0.2) is 0 Å². The third kappa shape index (κ3) is 5.89. The molecule has 1 unspecified atom stereocenters. The third-order valence-electron chi connectivity index (χ3n) is 4.93. The molecule has 7 heteroatoms. The lowest BCUT2D eigenvalue weighted by atomic mass is 10.0. The number of thioether (sulfide) groups is 1. The molecule has 1 atom stereocenters. The van der Waals surface area contributed by atoms with Crippen molar-refractivity contribution in [2.45, 2.75) is 57.8 Å². The van der Waals surface area contributed by atoms with Gasteiger partial charge in [-0.2, -0.15) is 0 Å². The Labute approximate surface area is 193 Å². The Morgan fingerprint density at radius 3 is 2.23 bits per heavy atom. The van der Waals surface area contributed by atoms with Gasteiger partial charge in [-0.1, -0.05) is 49.3 Å². The summed E-state index contributed by atoms with van der Waals surface area (Å²) in [5.41, 5.74) is 1.91. The summed E-state index contributed by atoms with van der Waals surface area (Å²) in [6.07, 6.45) is -0.277. The minimum atomic E-state index is -0.277. The predicted molar refractivity (Wildman–Crippen MR) is 126 cm³/mol. The Balaban J connectivity index is 1.71. The quantitative estimate of drug-likeness (QED) is 0.262. The molecule has 5 nitrogen and oxygen atoms in total. The van der Waals surface area contributed by atoms with Gasteiger partial charge in [-0.15, -0.1) is 10.2 Å². The van der Waals surface area contributed by atoms with Crippen molar-refractivity contribution in [3.63, 3.8) is 0 Å². The van der Waals surface area contributed by atoms with E-state index in [0.29, 0.717) is 21.7 Å². The SMILES string of the molecule is CC(C)c1ccc(OC(C)c2nnc(SCC(=O)c3ccc(Cl)cc3)n2C(C)C)cc1. The largest absolute Gasteiger partial charge is 0.483 e. The molecule has 2 aromatic carbocycles. The van der Waals surface area contributed by atoms with Crippen LogP contribution in [0.5, 0.6) is 5.75 Å². The standard InChI is InChI=1S/C24H28ClN3O2S/c1-15(2)18-8-12-21(13-9-18)30-17(5)23-26-27-24(28(23)16(3)4)31-14-22(29)19-6-10-20(25)11-7-19/h6-13,15-17H,14H2,1-5H3. The zero-order valence-corrected chi connectivity index (χ0v) is 20.1. The molecule has 0 fully saturated rings. The van der Waals surface area contributed by atoms with Crippen LogP contribution in [0, 0.1) is 0 Å². The van der Waals surface area contributed by atoms with E-state index in [9.17, 15) is 4.79 Å². The molecule has 1 aromatic heterocycles. The van der Waals surface area contributed by atoms with Gasteiger partial charge in [0.2, 0.25) is 0 Å². The van der Waals surface area contributed by atoms with Gasteiger partial charge >= 0.3 is 0 Å². The maximum absolute atomic E-state index is 12.5. The van der Waals surface area contributed by atoms with E-state index < -0.39 is 0 Å². The Kier molecular flexibility index (Phi) is 7.79. The maximum Gasteiger partial charge on any atom is 0.192 e. The molecule has 0 N–H and O–H groups in total. The molecule has 164 valence electrons. The number of Topliss-reactive ketones (excluding diaryl/α,β-unsaturated/α-hetero) is 1. The number of benzene rings is 2. The Morgan fingerprint density at radius 1 is 1.00 bits per heavy atom. The van der Waals surface area contributed by atoms with Crippen LogP contribution in [0.1, 0.15) is 74.4 Å². The lowest BCUT2D eigenvalue weighted by Crippen LogP contribution is -2.14. The van der Waals surface area contributed by atoms with Crippen LogP contribution < -0.4 is 4.74 Å². The van der Waals surface area contributed by atoms with E-state index in [1.165, 1.54) is 17.3 Å². The van der Waals surface area contributed by atoms with E-state index in [1.54, 1.807) is 24.3 Å². The van der Waals surface area contributed by atoms with Gasteiger partial charge in [0.1, 0.15) is 5.75 Å². The van der Waals surface area contributed by atoms with Gasteiger partial charge in [0.05, 0.1) is 5.75 Å². The molecular weight excluding hydrogens is 430 g/mol. The second-order valence-corrected chi connectivity index (χ2v) is 9.39. The summed E-state index contributed by atoms with van der Waals surface area (Å²) in [6.45, 7) is 10.4. The number of ether oxygens (including phenoxy) is 1. The molecule has 3 rings (SSSR count). The van der Waals surface area contributed by atoms with Gasteiger partial charge in [0.25, 0.3) is 0 Å². The fourth-order valence-corrected chi connectivity index (χ4v) is 4.28. The lowest BCUT2D eigenvalue weighted by molar-refractivity contribution is 0.102. The van der Waals surface area contributed by atoms with Crippen molar-refractivity contribution in [1.82, 2.24) is 14.8 Å². The van der Waals surface area contributed by atoms with Crippen molar-refractivity contribution < 1.29 is 9.53 Å². The molecule has 31 heavy (non-hydrogen) atoms. The van der Waals surface area contributed by atoms with Crippen LogP contribution in [0.4, 0.5) is 0 Å². The molecule has 0 saturated heterocycles. The highest BCUT2D eigenvalue weighted by Gasteiger charge is 2.22. The number of rotatable bonds is 9. The number of halogens is 1. The molecule has 0 aliphatic heterocycles. The minimum absolute atomic E-state index is 0.0241. The molecule has 0 aliphatic carbocycles. The van der Waals surface area contributed by atoms with Gasteiger partial charge in [0.15, 0.2) is 22.9 Å². The lowest BCUT2D eigenvalue weighted by Gasteiger charge is -2.19. The highest BCUT2D eigenvalue weighted by Crippen LogP contribution is 2.29. The summed E-state index contributed by atoms with van der Waals surface area (Å²) >= 11 is 7.29. The van der Waals surface area contributed by atoms with Gasteiger partial charge < -0.3 is 9.30 Å². The van der Waals surface area contributed by atoms with Gasteiger partial charge in [-0.3, -0.25) is 4.79 Å². The number of aromatic nitrogens is 3. The Hall–Kier alpha value is -2.31. The first-order valence-corrected chi connectivity index (χ1v) is 11.8. The molecule has 3 aromatic rings. The van der Waals surface area contributed by atoms with Crippen LogP contribution in [0.3, 0.4) is 0 Å². The zero-order valence-electron chi connectivity index (χ0n) is 18.5. The van der Waals surface area contributed by atoms with Crippen molar-refractivity contribution in [2.75, 3.05) is 5.75 Å². The van der Waals surface area contributed by atoms with E-state index >= 15 is 0 Å². The predicted octanol–water partition coefficient (Wildman–Crippen LogP) is 6.75. The number of hydrogen-bond acceptors (Lipinski definition) is 5. The first-order valence-electron chi connectivity index (χ1n) is 10.4. The smallest absolute Gasteiger partial charge is 0.192 e. The number of carbonyl (C=O) groups is 1. The summed E-state index contributed by atoms with van der Waals surface area (Å²) in [6, 6.07) is 15.2. The Bertz CT molecular complexity index is 1010. The van der Waals surface area contributed by atoms with Gasteiger partial charge in [0, 0.05) is 16.6 Å². The molecule has 1 heterocycles. The molecule has 0 spiro atoms. The monoisotopic (exact) mass is 457 g/mol. The summed E-state index contributed by atoms with van der Waals surface area (Å²) in [4.78, 5) is 12.5. The first-order chi connectivity index (χ1) is 14.8. The number of nitrogens with zero attached hydrogens (tertiary/aromatic N) is 3. The van der Waals surface area contributed by atoms with Crippen molar-refractivity contribution in [2.24, 2.45) is 0 Å². The topological polar surface area (TPSA) is 57.0 Å². The average molecular weight is 458 g/mol. The maximum atomic E-state index is 12.5. The third-order valence-corrected chi connectivity index (χ3v) is 6.12. The second kappa shape index (κ2) is 10.3. The first kappa shape index (κ1) is 23.4. The van der Waals surface area contributed by atoms with E-state index in [4.69, 9.17) is 16.3 Å². The second-order valence-electron chi connectivity index (χ2n) is 8.01. The van der Waals surface area contributed by atoms with Crippen molar-refractivity contribution in [1.29, 1.82) is 0 Å². The summed E-state index contributed by atoms with van der Waals surface area (Å²) in [7, 11) is 0. The minimum Gasteiger partial charge on any atom is -0.483 e. The number of carbonyl (C=O) groups excluding carboxylic acids is 1. The fraction of sp³-hybridized carbons (Fsp3) is 0.375. The highest BCUT2D eigenvalue weighted by atomic mass is 35.5. The fourth-order valence-electron chi connectivity index (χ4n) is 3.19. The van der Waals surface area contributed by atoms with Crippen LogP contribution in [-0.4, -0.2) is 26.3 Å². The summed E-state index contributed by atoms with van der Waals surface area (Å²) < 4.78 is 8.17. The van der Waals surface area contributed by atoms with Crippen LogP contribution in [-0.2, 0) is 0 Å². The molecule has 0 saturated carbocycles. The molecule has 0 radical (unpaired) electrons. The molecule has 0 aliphatic rings. The molecule has 0 bridgehead atoms. The summed E-state index contributed by atoms with van der Waals surface area (Å²) in [5.74, 6) is 2.31. The van der Waals surface area contributed by atoms with Crippen LogP contribution in [0.2, 0.25) is 5.02 Å². The van der Waals surface area contributed by atoms with Crippen molar-refractivity contribution in [3.05, 3.63) is 70.5 Å². The normalized spacial score (nSPS) is 12.4. The van der Waals surface area contributed by atoms with Crippen LogP contribution >= 0.6 is 23.4 Å². The van der Waals surface area contributed by atoms with Gasteiger partial charge in [-0.05, 0) is 68.7 Å². The van der Waals surface area contributed by atoms with E-state index in [-0.39, 0.29) is 23.7 Å². The van der Waals surface area contributed by atoms with E-state index in [2.05, 4.69) is 50.0 Å². The number of hydrogen-bond donors (Lipinski definition) is 0. The average Bonchev–Trinajstić information content (AvgIpc) is 3.17. The summed E-state index contributed by atoms with van der Waals surface area (Å²) in [5, 5.41) is 10.0. The van der Waals surface area contributed by atoms with Crippen molar-refractivity contribution in [3.8, 4) is 5.75 Å². The van der Waals surface area contributed by atoms with E-state index in [1.807, 2.05) is 23.6 Å². The highest BCUT2D eigenvalue weighted by molar-refractivity contribution is 7.99. The van der Waals surface area contributed by atoms with Crippen LogP contribution in [0.25, 0.3) is 0 Å².